The number of amides is 2. The fourth-order valence-corrected chi connectivity index (χ4v) is 2.88. The first kappa shape index (κ1) is 20.5. The first-order chi connectivity index (χ1) is 10.9. The normalized spacial score (nSPS) is 16.7. The molecule has 1 aliphatic rings. The van der Waals surface area contributed by atoms with Gasteiger partial charge in [-0.3, -0.25) is 9.59 Å². The third-order valence-corrected chi connectivity index (χ3v) is 4.20. The van der Waals surface area contributed by atoms with Gasteiger partial charge in [0, 0.05) is 18.7 Å². The Kier molecular flexibility index (Phi) is 7.70. The van der Waals surface area contributed by atoms with Gasteiger partial charge in [0.25, 0.3) is 0 Å². The van der Waals surface area contributed by atoms with Crippen LogP contribution in [-0.4, -0.2) is 24.4 Å². The molecule has 1 aliphatic heterocycles. The highest BCUT2D eigenvalue weighted by atomic mass is 35.5. The summed E-state index contributed by atoms with van der Waals surface area (Å²) in [5, 5.41) is 2.95. The molecule has 2 rings (SSSR count). The van der Waals surface area contributed by atoms with Gasteiger partial charge in [-0.1, -0.05) is 26.0 Å². The molecule has 0 aromatic heterocycles. The van der Waals surface area contributed by atoms with Crippen molar-refractivity contribution in [3.63, 3.8) is 0 Å². The van der Waals surface area contributed by atoms with Crippen LogP contribution in [-0.2, 0) is 9.59 Å². The summed E-state index contributed by atoms with van der Waals surface area (Å²) in [6.07, 6.45) is 2.22. The topological polar surface area (TPSA) is 75.4 Å². The maximum Gasteiger partial charge on any atom is 0.237 e. The molecule has 0 bridgehead atoms. The highest BCUT2D eigenvalue weighted by Crippen LogP contribution is 2.23. The Balaban J connectivity index is 0.00000288. The van der Waals surface area contributed by atoms with E-state index in [0.29, 0.717) is 18.8 Å². The number of nitrogens with zero attached hydrogens (tertiary/aromatic N) is 1. The molecule has 5 nitrogen and oxygen atoms in total. The van der Waals surface area contributed by atoms with E-state index in [1.807, 2.05) is 36.1 Å². The molecule has 1 aromatic rings. The predicted octanol–water partition coefficient (Wildman–Crippen LogP) is 2.79. The summed E-state index contributed by atoms with van der Waals surface area (Å²) in [5.74, 6) is 0.451. The molecule has 24 heavy (non-hydrogen) atoms. The van der Waals surface area contributed by atoms with E-state index in [0.717, 1.165) is 24.2 Å². The molecule has 1 saturated heterocycles. The average molecular weight is 354 g/mol. The summed E-state index contributed by atoms with van der Waals surface area (Å²) in [6, 6.07) is 7.22. The molecule has 1 aromatic carbocycles. The van der Waals surface area contributed by atoms with Crippen molar-refractivity contribution in [2.45, 2.75) is 52.1 Å². The fourth-order valence-electron chi connectivity index (χ4n) is 2.88. The number of carbonyl (C=O) groups is 2. The Bertz CT molecular complexity index is 560. The van der Waals surface area contributed by atoms with Crippen molar-refractivity contribution >= 4 is 29.9 Å². The van der Waals surface area contributed by atoms with Gasteiger partial charge in [0.2, 0.25) is 11.8 Å². The highest BCUT2D eigenvalue weighted by Gasteiger charge is 2.22. The second-order valence-corrected chi connectivity index (χ2v) is 6.71. The maximum absolute atomic E-state index is 12.1. The van der Waals surface area contributed by atoms with Crippen LogP contribution < -0.4 is 16.0 Å². The summed E-state index contributed by atoms with van der Waals surface area (Å²) in [4.78, 5) is 25.7. The molecule has 2 amide bonds. The van der Waals surface area contributed by atoms with E-state index in [4.69, 9.17) is 5.73 Å². The third-order valence-electron chi connectivity index (χ3n) is 4.20. The van der Waals surface area contributed by atoms with E-state index in [-0.39, 0.29) is 30.3 Å². The predicted molar refractivity (Wildman–Crippen MR) is 99.3 cm³/mol. The van der Waals surface area contributed by atoms with Crippen LogP contribution in [0.5, 0.6) is 0 Å². The van der Waals surface area contributed by atoms with Gasteiger partial charge >= 0.3 is 0 Å². The second-order valence-electron chi connectivity index (χ2n) is 6.71. The van der Waals surface area contributed by atoms with Crippen molar-refractivity contribution < 1.29 is 9.59 Å². The van der Waals surface area contributed by atoms with Crippen molar-refractivity contribution in [1.29, 1.82) is 0 Å². The van der Waals surface area contributed by atoms with E-state index >= 15 is 0 Å². The number of halogens is 1. The summed E-state index contributed by atoms with van der Waals surface area (Å²) in [5.41, 5.74) is 7.84. The highest BCUT2D eigenvalue weighted by molar-refractivity contribution is 5.95. The molecule has 3 N–H and O–H groups in total. The molecule has 0 aliphatic carbocycles. The van der Waals surface area contributed by atoms with Gasteiger partial charge in [-0.2, -0.15) is 0 Å². The van der Waals surface area contributed by atoms with Crippen LogP contribution >= 0.6 is 12.4 Å². The van der Waals surface area contributed by atoms with Crippen LogP contribution in [0.25, 0.3) is 0 Å². The number of hydrogen-bond donors (Lipinski definition) is 2. The molecule has 0 saturated carbocycles. The van der Waals surface area contributed by atoms with Crippen LogP contribution in [0.15, 0.2) is 24.3 Å². The van der Waals surface area contributed by atoms with Crippen molar-refractivity contribution in [3.8, 4) is 0 Å². The lowest BCUT2D eigenvalue weighted by Gasteiger charge is -2.20. The van der Waals surface area contributed by atoms with Gasteiger partial charge in [-0.15, -0.1) is 12.4 Å². The van der Waals surface area contributed by atoms with Gasteiger partial charge in [0.05, 0.1) is 12.1 Å². The lowest BCUT2D eigenvalue weighted by Crippen LogP contribution is -2.42. The molecule has 1 fully saturated rings. The number of nitrogens with one attached hydrogen (secondary N) is 1. The molecular formula is C18H28ClN3O2. The summed E-state index contributed by atoms with van der Waals surface area (Å²) in [7, 11) is 0. The lowest BCUT2D eigenvalue weighted by molar-refractivity contribution is -0.123. The molecule has 0 spiro atoms. The fraction of sp³-hybridized carbons (Fsp3) is 0.556. The molecule has 0 radical (unpaired) electrons. The van der Waals surface area contributed by atoms with Crippen LogP contribution in [0.3, 0.4) is 0 Å². The van der Waals surface area contributed by atoms with Crippen LogP contribution in [0, 0.1) is 5.92 Å². The maximum atomic E-state index is 12.1. The van der Waals surface area contributed by atoms with Crippen LogP contribution in [0.2, 0.25) is 0 Å². The van der Waals surface area contributed by atoms with Crippen LogP contribution in [0.1, 0.15) is 51.6 Å². The minimum absolute atomic E-state index is 0. The molecule has 2 atom stereocenters. The zero-order valence-electron chi connectivity index (χ0n) is 14.6. The zero-order valence-corrected chi connectivity index (χ0v) is 15.4. The van der Waals surface area contributed by atoms with E-state index in [9.17, 15) is 9.59 Å². The molecular weight excluding hydrogens is 326 g/mol. The number of rotatable bonds is 6. The summed E-state index contributed by atoms with van der Waals surface area (Å²) >= 11 is 0. The number of hydrogen-bond acceptors (Lipinski definition) is 3. The number of anilines is 1. The van der Waals surface area contributed by atoms with E-state index in [1.165, 1.54) is 0 Å². The monoisotopic (exact) mass is 353 g/mol. The zero-order chi connectivity index (χ0) is 17.0. The number of nitrogens with two attached hydrogens (primary N) is 1. The van der Waals surface area contributed by atoms with Crippen molar-refractivity contribution in [2.24, 2.45) is 11.7 Å². The van der Waals surface area contributed by atoms with Gasteiger partial charge in [-0.05, 0) is 43.4 Å². The Hall–Kier alpha value is -1.59. The molecule has 6 heteroatoms. The summed E-state index contributed by atoms with van der Waals surface area (Å²) in [6.45, 7) is 6.83. The Labute approximate surface area is 150 Å². The average Bonchev–Trinajstić information content (AvgIpc) is 2.92. The minimum Gasteiger partial charge on any atom is -0.348 e. The first-order valence-corrected chi connectivity index (χ1v) is 8.34. The Morgan fingerprint density at radius 1 is 1.25 bits per heavy atom. The van der Waals surface area contributed by atoms with Gasteiger partial charge in [-0.25, -0.2) is 0 Å². The SMILES string of the molecule is CC(C)C[C@H](N)C(=O)NC(C)c1ccc(N2CCCC2=O)cc1.Cl. The summed E-state index contributed by atoms with van der Waals surface area (Å²) < 4.78 is 0. The Morgan fingerprint density at radius 3 is 2.38 bits per heavy atom. The third kappa shape index (κ3) is 5.21. The lowest BCUT2D eigenvalue weighted by atomic mass is 10.0. The van der Waals surface area contributed by atoms with E-state index in [2.05, 4.69) is 19.2 Å². The minimum atomic E-state index is -0.473. The standard InChI is InChI=1S/C18H27N3O2.ClH/c1-12(2)11-16(19)18(23)20-13(3)14-6-8-15(9-7-14)21-10-4-5-17(21)22;/h6-9,12-13,16H,4-5,10-11,19H2,1-3H3,(H,20,23);1H/t13?,16-;/m0./s1. The number of benzene rings is 1. The van der Waals surface area contributed by atoms with Crippen molar-refractivity contribution in [1.82, 2.24) is 5.32 Å². The smallest absolute Gasteiger partial charge is 0.237 e. The van der Waals surface area contributed by atoms with Crippen molar-refractivity contribution in [3.05, 3.63) is 29.8 Å². The second kappa shape index (κ2) is 9.04. The molecule has 1 heterocycles. The largest absolute Gasteiger partial charge is 0.348 e. The molecule has 1 unspecified atom stereocenters. The van der Waals surface area contributed by atoms with Crippen molar-refractivity contribution in [2.75, 3.05) is 11.4 Å². The van der Waals surface area contributed by atoms with Gasteiger partial charge in [0.15, 0.2) is 0 Å². The van der Waals surface area contributed by atoms with E-state index in [1.54, 1.807) is 0 Å². The Morgan fingerprint density at radius 2 is 1.88 bits per heavy atom. The first-order valence-electron chi connectivity index (χ1n) is 8.34. The van der Waals surface area contributed by atoms with Crippen LogP contribution in [0.4, 0.5) is 5.69 Å². The van der Waals surface area contributed by atoms with E-state index < -0.39 is 6.04 Å². The quantitative estimate of drug-likeness (QED) is 0.825. The number of carbonyl (C=O) groups excluding carboxylic acids is 2. The molecule has 134 valence electrons. The van der Waals surface area contributed by atoms with Gasteiger partial charge in [0.1, 0.15) is 0 Å². The van der Waals surface area contributed by atoms with Gasteiger partial charge < -0.3 is 16.0 Å².